The molecule has 1 atom stereocenters. The molecule has 0 aliphatic carbocycles. The summed E-state index contributed by atoms with van der Waals surface area (Å²) in [5, 5.41) is 0. The zero-order valence-electron chi connectivity index (χ0n) is 7.64. The Hall–Kier alpha value is -1.35. The topological polar surface area (TPSA) is 43.3 Å². The predicted molar refractivity (Wildman–Crippen MR) is 52.5 cm³/mol. The van der Waals surface area contributed by atoms with Crippen molar-refractivity contribution in [3.05, 3.63) is 36.3 Å². The van der Waals surface area contributed by atoms with Crippen LogP contribution in [0.15, 0.2) is 30.6 Å². The second-order valence-corrected chi connectivity index (χ2v) is 3.36. The van der Waals surface area contributed by atoms with E-state index in [2.05, 4.69) is 9.38 Å². The maximum absolute atomic E-state index is 5.73. The second-order valence-electron chi connectivity index (χ2n) is 3.36. The highest BCUT2D eigenvalue weighted by Gasteiger charge is 2.03. The van der Waals surface area contributed by atoms with Gasteiger partial charge in [-0.1, -0.05) is 6.07 Å². The van der Waals surface area contributed by atoms with E-state index in [0.29, 0.717) is 0 Å². The SMILES string of the molecule is C[C@H](N)Cc1cnc2ccccn12. The summed E-state index contributed by atoms with van der Waals surface area (Å²) >= 11 is 0. The van der Waals surface area contributed by atoms with Crippen molar-refractivity contribution >= 4 is 5.65 Å². The molecule has 0 fully saturated rings. The first kappa shape index (κ1) is 8.26. The summed E-state index contributed by atoms with van der Waals surface area (Å²) in [6.45, 7) is 2.00. The molecule has 68 valence electrons. The predicted octanol–water partition coefficient (Wildman–Crippen LogP) is 1.22. The molecule has 0 spiro atoms. The van der Waals surface area contributed by atoms with Gasteiger partial charge < -0.3 is 10.1 Å². The van der Waals surface area contributed by atoms with Crippen molar-refractivity contribution in [2.45, 2.75) is 19.4 Å². The van der Waals surface area contributed by atoms with Crippen molar-refractivity contribution in [3.8, 4) is 0 Å². The first-order chi connectivity index (χ1) is 6.27. The Morgan fingerprint density at radius 2 is 2.38 bits per heavy atom. The molecule has 2 N–H and O–H groups in total. The van der Waals surface area contributed by atoms with E-state index in [0.717, 1.165) is 12.1 Å². The maximum atomic E-state index is 5.73. The summed E-state index contributed by atoms with van der Waals surface area (Å²) in [6.07, 6.45) is 4.77. The fraction of sp³-hybridized carbons (Fsp3) is 0.300. The van der Waals surface area contributed by atoms with E-state index in [1.165, 1.54) is 5.69 Å². The van der Waals surface area contributed by atoms with Crippen molar-refractivity contribution in [3.63, 3.8) is 0 Å². The lowest BCUT2D eigenvalue weighted by Gasteiger charge is -2.03. The summed E-state index contributed by atoms with van der Waals surface area (Å²) in [5.74, 6) is 0. The lowest BCUT2D eigenvalue weighted by Crippen LogP contribution is -2.18. The molecule has 2 aromatic heterocycles. The molecule has 0 aliphatic rings. The highest BCUT2D eigenvalue weighted by molar-refractivity contribution is 5.39. The van der Waals surface area contributed by atoms with Crippen LogP contribution in [0, 0.1) is 0 Å². The zero-order chi connectivity index (χ0) is 9.26. The molecule has 0 saturated heterocycles. The molecule has 0 unspecified atom stereocenters. The van der Waals surface area contributed by atoms with Crippen LogP contribution in [0.3, 0.4) is 0 Å². The third-order valence-corrected chi connectivity index (χ3v) is 2.02. The molecule has 0 radical (unpaired) electrons. The lowest BCUT2D eigenvalue weighted by atomic mass is 10.2. The highest BCUT2D eigenvalue weighted by Crippen LogP contribution is 2.07. The van der Waals surface area contributed by atoms with Crippen LogP contribution in [0.25, 0.3) is 5.65 Å². The Bertz CT molecular complexity index is 403. The summed E-state index contributed by atoms with van der Waals surface area (Å²) in [5.41, 5.74) is 7.89. The number of nitrogens with zero attached hydrogens (tertiary/aromatic N) is 2. The molecule has 0 saturated carbocycles. The van der Waals surface area contributed by atoms with Crippen LogP contribution in [0.1, 0.15) is 12.6 Å². The van der Waals surface area contributed by atoms with Gasteiger partial charge in [0.25, 0.3) is 0 Å². The van der Waals surface area contributed by atoms with Crippen molar-refractivity contribution in [1.29, 1.82) is 0 Å². The second kappa shape index (κ2) is 3.18. The molecular weight excluding hydrogens is 162 g/mol. The number of hydrogen-bond acceptors (Lipinski definition) is 2. The van der Waals surface area contributed by atoms with Gasteiger partial charge in [0.2, 0.25) is 0 Å². The Kier molecular flexibility index (Phi) is 2.02. The van der Waals surface area contributed by atoms with Crippen LogP contribution in [0.4, 0.5) is 0 Å². The van der Waals surface area contributed by atoms with Crippen LogP contribution in [-0.4, -0.2) is 15.4 Å². The molecule has 2 heterocycles. The minimum Gasteiger partial charge on any atom is -0.328 e. The average Bonchev–Trinajstić information content (AvgIpc) is 2.48. The van der Waals surface area contributed by atoms with Crippen molar-refractivity contribution < 1.29 is 0 Å². The molecule has 13 heavy (non-hydrogen) atoms. The summed E-state index contributed by atoms with van der Waals surface area (Å²) in [4.78, 5) is 4.28. The van der Waals surface area contributed by atoms with Crippen LogP contribution in [0.2, 0.25) is 0 Å². The standard InChI is InChI=1S/C10H13N3/c1-8(11)6-9-7-12-10-4-2-3-5-13(9)10/h2-5,7-8H,6,11H2,1H3/t8-/m0/s1. The van der Waals surface area contributed by atoms with E-state index in [1.54, 1.807) is 0 Å². The Morgan fingerprint density at radius 3 is 3.15 bits per heavy atom. The van der Waals surface area contributed by atoms with Gasteiger partial charge >= 0.3 is 0 Å². The van der Waals surface area contributed by atoms with Gasteiger partial charge in [-0.25, -0.2) is 4.98 Å². The van der Waals surface area contributed by atoms with Crippen LogP contribution < -0.4 is 5.73 Å². The fourth-order valence-corrected chi connectivity index (χ4v) is 1.47. The van der Waals surface area contributed by atoms with Crippen molar-refractivity contribution in [2.75, 3.05) is 0 Å². The van der Waals surface area contributed by atoms with E-state index in [4.69, 9.17) is 5.73 Å². The van der Waals surface area contributed by atoms with Gasteiger partial charge in [0, 0.05) is 30.6 Å². The molecule has 2 aromatic rings. The molecule has 3 nitrogen and oxygen atoms in total. The quantitative estimate of drug-likeness (QED) is 0.745. The Labute approximate surface area is 77.2 Å². The number of hydrogen-bond donors (Lipinski definition) is 1. The molecule has 3 heteroatoms. The van der Waals surface area contributed by atoms with Gasteiger partial charge in [-0.3, -0.25) is 0 Å². The number of fused-ring (bicyclic) bond motifs is 1. The zero-order valence-corrected chi connectivity index (χ0v) is 7.64. The van der Waals surface area contributed by atoms with Crippen LogP contribution in [-0.2, 0) is 6.42 Å². The van der Waals surface area contributed by atoms with Gasteiger partial charge in [-0.2, -0.15) is 0 Å². The van der Waals surface area contributed by atoms with E-state index < -0.39 is 0 Å². The lowest BCUT2D eigenvalue weighted by molar-refractivity contribution is 0.717. The molecule has 0 amide bonds. The van der Waals surface area contributed by atoms with E-state index in [1.807, 2.05) is 37.5 Å². The minimum absolute atomic E-state index is 0.181. The molecule has 0 bridgehead atoms. The van der Waals surface area contributed by atoms with Gasteiger partial charge in [-0.15, -0.1) is 0 Å². The monoisotopic (exact) mass is 175 g/mol. The summed E-state index contributed by atoms with van der Waals surface area (Å²) in [7, 11) is 0. The van der Waals surface area contributed by atoms with E-state index in [9.17, 15) is 0 Å². The third kappa shape index (κ3) is 1.55. The first-order valence-electron chi connectivity index (χ1n) is 4.44. The Morgan fingerprint density at radius 1 is 1.54 bits per heavy atom. The maximum Gasteiger partial charge on any atom is 0.136 e. The van der Waals surface area contributed by atoms with Crippen LogP contribution in [0.5, 0.6) is 0 Å². The number of nitrogens with two attached hydrogens (primary N) is 1. The number of pyridine rings is 1. The molecule has 0 aliphatic heterocycles. The van der Waals surface area contributed by atoms with Gasteiger partial charge in [0.15, 0.2) is 0 Å². The van der Waals surface area contributed by atoms with E-state index in [-0.39, 0.29) is 6.04 Å². The van der Waals surface area contributed by atoms with Gasteiger partial charge in [0.1, 0.15) is 5.65 Å². The average molecular weight is 175 g/mol. The summed E-state index contributed by atoms with van der Waals surface area (Å²) < 4.78 is 2.07. The molecular formula is C10H13N3. The highest BCUT2D eigenvalue weighted by atomic mass is 15.0. The van der Waals surface area contributed by atoms with Crippen molar-refractivity contribution in [1.82, 2.24) is 9.38 Å². The molecule has 0 aromatic carbocycles. The van der Waals surface area contributed by atoms with Gasteiger partial charge in [0.05, 0.1) is 0 Å². The molecule has 2 rings (SSSR count). The first-order valence-corrected chi connectivity index (χ1v) is 4.44. The third-order valence-electron chi connectivity index (χ3n) is 2.02. The van der Waals surface area contributed by atoms with E-state index >= 15 is 0 Å². The number of aromatic nitrogens is 2. The number of imidazole rings is 1. The fourth-order valence-electron chi connectivity index (χ4n) is 1.47. The van der Waals surface area contributed by atoms with Crippen LogP contribution >= 0.6 is 0 Å². The van der Waals surface area contributed by atoms with Crippen molar-refractivity contribution in [2.24, 2.45) is 5.73 Å². The summed E-state index contributed by atoms with van der Waals surface area (Å²) in [6, 6.07) is 6.15. The number of rotatable bonds is 2. The van der Waals surface area contributed by atoms with Gasteiger partial charge in [-0.05, 0) is 19.1 Å². The Balaban J connectivity index is 2.46. The minimum atomic E-state index is 0.181. The normalized spacial score (nSPS) is 13.4. The largest absolute Gasteiger partial charge is 0.328 e. The smallest absolute Gasteiger partial charge is 0.136 e.